The molecule has 0 aromatic carbocycles. The van der Waals surface area contributed by atoms with Crippen molar-refractivity contribution in [3.63, 3.8) is 0 Å². The summed E-state index contributed by atoms with van der Waals surface area (Å²) in [4.78, 5) is 18.6. The van der Waals surface area contributed by atoms with Crippen molar-refractivity contribution in [2.75, 3.05) is 0 Å². The molecule has 3 nitrogen and oxygen atoms in total. The van der Waals surface area contributed by atoms with Gasteiger partial charge >= 0.3 is 0 Å². The topological polar surface area (TPSA) is 33.2 Å². The van der Waals surface area contributed by atoms with Gasteiger partial charge in [-0.1, -0.05) is 6.92 Å². The lowest BCUT2D eigenvalue weighted by molar-refractivity contribution is 0.0676. The Labute approximate surface area is 116 Å². The van der Waals surface area contributed by atoms with E-state index in [0.717, 1.165) is 22.8 Å². The van der Waals surface area contributed by atoms with Gasteiger partial charge in [-0.25, -0.2) is 0 Å². The average molecular weight is 344 g/mol. The summed E-state index contributed by atoms with van der Waals surface area (Å²) in [6.07, 6.45) is 6.71. The second-order valence-corrected chi connectivity index (χ2v) is 5.84. The van der Waals surface area contributed by atoms with E-state index >= 15 is 0 Å². The molecule has 1 aromatic heterocycles. The fourth-order valence-electron chi connectivity index (χ4n) is 2.52. The first kappa shape index (κ1) is 12.8. The number of carbonyl (C=O) groups is 1. The number of nitrogens with zero attached hydrogens (tertiary/aromatic N) is 2. The minimum atomic E-state index is 0.132. The molecule has 1 aromatic rings. The molecule has 0 radical (unpaired) electrons. The highest BCUT2D eigenvalue weighted by molar-refractivity contribution is 14.1. The molecule has 2 atom stereocenters. The molecule has 0 N–H and O–H groups in total. The van der Waals surface area contributed by atoms with Crippen LogP contribution in [0.1, 0.15) is 43.5 Å². The number of likely N-dealkylation sites (tertiary alicyclic amines) is 1. The second kappa shape index (κ2) is 5.33. The Morgan fingerprint density at radius 2 is 2.29 bits per heavy atom. The minimum Gasteiger partial charge on any atom is -0.333 e. The number of hydrogen-bond donors (Lipinski definition) is 0. The molecular weight excluding hydrogens is 327 g/mol. The Morgan fingerprint density at radius 1 is 1.53 bits per heavy atom. The first-order valence-corrected chi connectivity index (χ1v) is 7.14. The Bertz CT molecular complexity index is 422. The van der Waals surface area contributed by atoms with Gasteiger partial charge in [-0.3, -0.25) is 9.78 Å². The highest BCUT2D eigenvalue weighted by Gasteiger charge is 2.33. The lowest BCUT2D eigenvalue weighted by atomic mass is 10.1. The molecule has 4 heteroatoms. The van der Waals surface area contributed by atoms with Crippen LogP contribution in [0.5, 0.6) is 0 Å². The van der Waals surface area contributed by atoms with Crippen molar-refractivity contribution in [2.45, 2.75) is 45.2 Å². The van der Waals surface area contributed by atoms with Gasteiger partial charge in [0.25, 0.3) is 5.91 Å². The summed E-state index contributed by atoms with van der Waals surface area (Å²) in [5.74, 6) is 0.132. The van der Waals surface area contributed by atoms with Crippen LogP contribution in [0, 0.1) is 3.57 Å². The van der Waals surface area contributed by atoms with Gasteiger partial charge in [0, 0.05) is 28.0 Å². The van der Waals surface area contributed by atoms with Gasteiger partial charge in [-0.2, -0.15) is 0 Å². The third-order valence-electron chi connectivity index (χ3n) is 3.44. The summed E-state index contributed by atoms with van der Waals surface area (Å²) in [6.45, 7) is 4.28. The molecule has 0 spiro atoms. The van der Waals surface area contributed by atoms with Crippen molar-refractivity contribution in [1.29, 1.82) is 0 Å². The summed E-state index contributed by atoms with van der Waals surface area (Å²) >= 11 is 2.19. The molecular formula is C13H17IN2O. The second-order valence-electron chi connectivity index (χ2n) is 4.59. The zero-order chi connectivity index (χ0) is 12.4. The summed E-state index contributed by atoms with van der Waals surface area (Å²) < 4.78 is 1.01. The van der Waals surface area contributed by atoms with E-state index in [9.17, 15) is 4.79 Å². The van der Waals surface area contributed by atoms with Gasteiger partial charge in [0.05, 0.1) is 5.56 Å². The van der Waals surface area contributed by atoms with Crippen LogP contribution in [0.15, 0.2) is 18.5 Å². The van der Waals surface area contributed by atoms with Crippen LogP contribution in [0.25, 0.3) is 0 Å². The summed E-state index contributed by atoms with van der Waals surface area (Å²) in [6, 6.07) is 2.66. The number of rotatable bonds is 2. The Hall–Kier alpha value is -0.650. The predicted molar refractivity (Wildman–Crippen MR) is 75.9 cm³/mol. The molecule has 0 unspecified atom stereocenters. The van der Waals surface area contributed by atoms with Gasteiger partial charge in [0.1, 0.15) is 0 Å². The fourth-order valence-corrected chi connectivity index (χ4v) is 3.01. The fraction of sp³-hybridized carbons (Fsp3) is 0.538. The van der Waals surface area contributed by atoms with E-state index in [-0.39, 0.29) is 5.91 Å². The highest BCUT2D eigenvalue weighted by Crippen LogP contribution is 2.27. The molecule has 92 valence electrons. The predicted octanol–water partition coefficient (Wildman–Crippen LogP) is 3.09. The third-order valence-corrected chi connectivity index (χ3v) is 4.03. The van der Waals surface area contributed by atoms with Crippen molar-refractivity contribution in [3.8, 4) is 0 Å². The smallest absolute Gasteiger partial charge is 0.255 e. The van der Waals surface area contributed by atoms with E-state index < -0.39 is 0 Å². The van der Waals surface area contributed by atoms with Crippen LogP contribution in [0.2, 0.25) is 0 Å². The van der Waals surface area contributed by atoms with Crippen molar-refractivity contribution in [1.82, 2.24) is 9.88 Å². The number of aromatic nitrogens is 1. The quantitative estimate of drug-likeness (QED) is 0.773. The first-order valence-electron chi connectivity index (χ1n) is 6.06. The molecule has 1 aliphatic rings. The van der Waals surface area contributed by atoms with Gasteiger partial charge in [-0.05, 0) is 54.8 Å². The van der Waals surface area contributed by atoms with Crippen molar-refractivity contribution in [3.05, 3.63) is 27.6 Å². The number of amides is 1. The zero-order valence-electron chi connectivity index (χ0n) is 10.2. The lowest BCUT2D eigenvalue weighted by Gasteiger charge is -2.28. The minimum absolute atomic E-state index is 0.132. The standard InChI is InChI=1S/C13H17IN2O/c1-3-12-5-4-9(2)16(12)13(17)10-6-11(14)8-15-7-10/h6-9,12H,3-5H2,1-2H3/t9-,12+/m0/s1. The Balaban J connectivity index is 2.24. The highest BCUT2D eigenvalue weighted by atomic mass is 127. The van der Waals surface area contributed by atoms with Crippen LogP contribution in [-0.2, 0) is 0 Å². The van der Waals surface area contributed by atoms with E-state index in [1.807, 2.05) is 11.0 Å². The maximum absolute atomic E-state index is 12.5. The average Bonchev–Trinajstić information content (AvgIpc) is 2.69. The molecule has 17 heavy (non-hydrogen) atoms. The van der Waals surface area contributed by atoms with E-state index in [1.54, 1.807) is 12.4 Å². The van der Waals surface area contributed by atoms with E-state index in [2.05, 4.69) is 41.4 Å². The maximum Gasteiger partial charge on any atom is 0.255 e. The number of hydrogen-bond acceptors (Lipinski definition) is 2. The van der Waals surface area contributed by atoms with E-state index in [4.69, 9.17) is 0 Å². The largest absolute Gasteiger partial charge is 0.333 e. The van der Waals surface area contributed by atoms with Gasteiger partial charge < -0.3 is 4.90 Å². The van der Waals surface area contributed by atoms with Crippen LogP contribution >= 0.6 is 22.6 Å². The number of carbonyl (C=O) groups excluding carboxylic acids is 1. The van der Waals surface area contributed by atoms with E-state index in [0.29, 0.717) is 17.6 Å². The first-order chi connectivity index (χ1) is 8.13. The SMILES string of the molecule is CC[C@@H]1CC[C@H](C)N1C(=O)c1cncc(I)c1. The molecule has 2 rings (SSSR count). The zero-order valence-corrected chi connectivity index (χ0v) is 12.3. The Morgan fingerprint density at radius 3 is 2.94 bits per heavy atom. The summed E-state index contributed by atoms with van der Waals surface area (Å²) in [5, 5.41) is 0. The molecule has 0 saturated carbocycles. The molecule has 1 fully saturated rings. The molecule has 1 saturated heterocycles. The van der Waals surface area contributed by atoms with E-state index in [1.165, 1.54) is 0 Å². The molecule has 2 heterocycles. The van der Waals surface area contributed by atoms with Crippen molar-refractivity contribution < 1.29 is 4.79 Å². The lowest BCUT2D eigenvalue weighted by Crippen LogP contribution is -2.39. The van der Waals surface area contributed by atoms with Crippen molar-refractivity contribution >= 4 is 28.5 Å². The molecule has 0 aliphatic carbocycles. The Kier molecular flexibility index (Phi) is 4.01. The van der Waals surface area contributed by atoms with Gasteiger partial charge in [0.15, 0.2) is 0 Å². The van der Waals surface area contributed by atoms with Gasteiger partial charge in [0.2, 0.25) is 0 Å². The normalized spacial score (nSPS) is 24.1. The molecule has 1 aliphatic heterocycles. The number of pyridine rings is 1. The van der Waals surface area contributed by atoms with Crippen LogP contribution < -0.4 is 0 Å². The van der Waals surface area contributed by atoms with Crippen LogP contribution in [-0.4, -0.2) is 27.9 Å². The molecule has 0 bridgehead atoms. The number of halogens is 1. The summed E-state index contributed by atoms with van der Waals surface area (Å²) in [7, 11) is 0. The van der Waals surface area contributed by atoms with Crippen molar-refractivity contribution in [2.24, 2.45) is 0 Å². The maximum atomic E-state index is 12.5. The van der Waals surface area contributed by atoms with Crippen LogP contribution in [0.3, 0.4) is 0 Å². The summed E-state index contributed by atoms with van der Waals surface area (Å²) in [5.41, 5.74) is 0.712. The monoisotopic (exact) mass is 344 g/mol. The third kappa shape index (κ3) is 2.61. The molecule has 1 amide bonds. The van der Waals surface area contributed by atoms with Gasteiger partial charge in [-0.15, -0.1) is 0 Å². The van der Waals surface area contributed by atoms with Crippen LogP contribution in [0.4, 0.5) is 0 Å².